The van der Waals surface area contributed by atoms with Crippen LogP contribution in [-0.2, 0) is 4.79 Å². The lowest BCUT2D eigenvalue weighted by molar-refractivity contribution is -0.385. The highest BCUT2D eigenvalue weighted by Crippen LogP contribution is 2.29. The van der Waals surface area contributed by atoms with Crippen LogP contribution >= 0.6 is 11.6 Å². The normalized spacial score (nSPS) is 9.57. The van der Waals surface area contributed by atoms with E-state index in [2.05, 4.69) is 11.9 Å². The summed E-state index contributed by atoms with van der Waals surface area (Å²) in [7, 11) is 0. The maximum absolute atomic E-state index is 11.4. The second kappa shape index (κ2) is 7.85. The number of amides is 3. The highest BCUT2D eigenvalue weighted by Gasteiger charge is 2.17. The minimum Gasteiger partial charge on any atom is -0.477 e. The Bertz CT molecular complexity index is 576. The summed E-state index contributed by atoms with van der Waals surface area (Å²) in [5, 5.41) is 15.3. The Morgan fingerprint density at radius 1 is 1.48 bits per heavy atom. The minimum atomic E-state index is -0.749. The Balaban J connectivity index is 2.59. The lowest BCUT2D eigenvalue weighted by Gasteiger charge is -2.07. The molecule has 2 N–H and O–H groups in total. The maximum Gasteiger partial charge on any atom is 0.321 e. The number of rotatable bonds is 6. The van der Waals surface area contributed by atoms with Gasteiger partial charge in [-0.15, -0.1) is 6.58 Å². The summed E-state index contributed by atoms with van der Waals surface area (Å²) in [6.45, 7) is 3.04. The fourth-order valence-electron chi connectivity index (χ4n) is 1.27. The first-order valence-corrected chi connectivity index (χ1v) is 6.07. The van der Waals surface area contributed by atoms with E-state index in [-0.39, 0.29) is 23.0 Å². The highest BCUT2D eigenvalue weighted by molar-refractivity contribution is 6.30. The van der Waals surface area contributed by atoms with Crippen LogP contribution in [0.4, 0.5) is 10.5 Å². The summed E-state index contributed by atoms with van der Waals surface area (Å²) in [5.74, 6) is -0.869. The molecule has 0 aliphatic rings. The molecule has 3 amide bonds. The average Bonchev–Trinajstić information content (AvgIpc) is 2.43. The lowest BCUT2D eigenvalue weighted by atomic mass is 10.3. The number of hydrogen-bond acceptors (Lipinski definition) is 5. The summed E-state index contributed by atoms with van der Waals surface area (Å²) in [4.78, 5) is 32.7. The van der Waals surface area contributed by atoms with E-state index in [1.807, 2.05) is 5.32 Å². The number of carbonyl (C=O) groups excluding carboxylic acids is 2. The Labute approximate surface area is 124 Å². The van der Waals surface area contributed by atoms with Crippen molar-refractivity contribution < 1.29 is 19.2 Å². The van der Waals surface area contributed by atoms with Crippen LogP contribution in [0.2, 0.25) is 5.02 Å². The quantitative estimate of drug-likeness (QED) is 0.471. The van der Waals surface area contributed by atoms with Gasteiger partial charge in [0.15, 0.2) is 12.4 Å². The summed E-state index contributed by atoms with van der Waals surface area (Å²) >= 11 is 5.64. The predicted octanol–water partition coefficient (Wildman–Crippen LogP) is 1.64. The van der Waals surface area contributed by atoms with Crippen LogP contribution in [0.15, 0.2) is 30.9 Å². The third-order valence-electron chi connectivity index (χ3n) is 2.14. The molecule has 8 nitrogen and oxygen atoms in total. The number of nitro groups is 1. The smallest absolute Gasteiger partial charge is 0.321 e. The summed E-state index contributed by atoms with van der Waals surface area (Å²) in [6.07, 6.45) is 1.44. The van der Waals surface area contributed by atoms with Gasteiger partial charge < -0.3 is 10.1 Å². The SMILES string of the molecule is C=CCNC(=O)NC(=O)COc1ccc(Cl)cc1[N+](=O)[O-]. The zero-order valence-corrected chi connectivity index (χ0v) is 11.6. The van der Waals surface area contributed by atoms with Gasteiger partial charge in [-0.2, -0.15) is 0 Å². The molecule has 112 valence electrons. The van der Waals surface area contributed by atoms with Crippen molar-refractivity contribution >= 4 is 29.2 Å². The van der Waals surface area contributed by atoms with E-state index in [4.69, 9.17) is 16.3 Å². The number of ether oxygens (including phenoxy) is 1. The van der Waals surface area contributed by atoms with E-state index < -0.39 is 23.5 Å². The van der Waals surface area contributed by atoms with Crippen molar-refractivity contribution in [2.75, 3.05) is 13.2 Å². The van der Waals surface area contributed by atoms with Crippen molar-refractivity contribution in [3.63, 3.8) is 0 Å². The fourth-order valence-corrected chi connectivity index (χ4v) is 1.44. The van der Waals surface area contributed by atoms with Crippen molar-refractivity contribution in [1.82, 2.24) is 10.6 Å². The maximum atomic E-state index is 11.4. The lowest BCUT2D eigenvalue weighted by Crippen LogP contribution is -2.41. The average molecular weight is 314 g/mol. The van der Waals surface area contributed by atoms with Crippen LogP contribution in [0, 0.1) is 10.1 Å². The molecule has 0 aliphatic heterocycles. The monoisotopic (exact) mass is 313 g/mol. The third kappa shape index (κ3) is 5.49. The second-order valence-electron chi connectivity index (χ2n) is 3.70. The topological polar surface area (TPSA) is 111 Å². The number of nitro benzene ring substituents is 1. The molecular weight excluding hydrogens is 302 g/mol. The van der Waals surface area contributed by atoms with Crippen molar-refractivity contribution in [2.45, 2.75) is 0 Å². The van der Waals surface area contributed by atoms with Crippen molar-refractivity contribution in [3.8, 4) is 5.75 Å². The number of urea groups is 1. The zero-order valence-electron chi connectivity index (χ0n) is 10.8. The standard InChI is InChI=1S/C12H12ClN3O5/c1-2-5-14-12(18)15-11(17)7-21-10-4-3-8(13)6-9(10)16(19)20/h2-4,6H,1,5,7H2,(H2,14,15,17,18). The van der Waals surface area contributed by atoms with Gasteiger partial charge in [-0.25, -0.2) is 4.79 Å². The molecule has 0 aliphatic carbocycles. The van der Waals surface area contributed by atoms with Gasteiger partial charge in [-0.05, 0) is 12.1 Å². The van der Waals surface area contributed by atoms with E-state index in [1.165, 1.54) is 18.2 Å². The van der Waals surface area contributed by atoms with Crippen LogP contribution in [-0.4, -0.2) is 30.0 Å². The van der Waals surface area contributed by atoms with E-state index in [9.17, 15) is 19.7 Å². The number of imide groups is 1. The van der Waals surface area contributed by atoms with Crippen LogP contribution in [0.3, 0.4) is 0 Å². The molecule has 1 aromatic carbocycles. The molecule has 0 saturated carbocycles. The number of halogens is 1. The molecule has 0 radical (unpaired) electrons. The molecule has 0 unspecified atom stereocenters. The number of nitrogens with one attached hydrogen (secondary N) is 2. The molecule has 0 spiro atoms. The predicted molar refractivity (Wildman–Crippen MR) is 75.3 cm³/mol. The second-order valence-corrected chi connectivity index (χ2v) is 4.14. The Hall–Kier alpha value is -2.61. The van der Waals surface area contributed by atoms with Gasteiger partial charge in [-0.1, -0.05) is 17.7 Å². The van der Waals surface area contributed by atoms with Gasteiger partial charge in [0, 0.05) is 17.6 Å². The molecular formula is C12H12ClN3O5. The van der Waals surface area contributed by atoms with E-state index in [0.29, 0.717) is 0 Å². The minimum absolute atomic E-state index is 0.119. The Kier molecular flexibility index (Phi) is 6.15. The molecule has 0 bridgehead atoms. The first-order valence-electron chi connectivity index (χ1n) is 5.69. The largest absolute Gasteiger partial charge is 0.477 e. The van der Waals surface area contributed by atoms with Gasteiger partial charge >= 0.3 is 11.7 Å². The third-order valence-corrected chi connectivity index (χ3v) is 2.37. The Morgan fingerprint density at radius 3 is 2.81 bits per heavy atom. The number of benzene rings is 1. The van der Waals surface area contributed by atoms with Gasteiger partial charge in [0.2, 0.25) is 0 Å². The summed E-state index contributed by atoms with van der Waals surface area (Å²) in [6, 6.07) is 3.05. The van der Waals surface area contributed by atoms with Crippen LogP contribution in [0.25, 0.3) is 0 Å². The first-order chi connectivity index (χ1) is 9.93. The molecule has 1 rings (SSSR count). The van der Waals surface area contributed by atoms with Crippen molar-refractivity contribution in [2.24, 2.45) is 0 Å². The molecule has 0 atom stereocenters. The summed E-state index contributed by atoms with van der Waals surface area (Å²) < 4.78 is 5.01. The molecule has 21 heavy (non-hydrogen) atoms. The van der Waals surface area contributed by atoms with Gasteiger partial charge in [-0.3, -0.25) is 20.2 Å². The van der Waals surface area contributed by atoms with E-state index in [1.54, 1.807) is 0 Å². The molecule has 0 aromatic heterocycles. The number of hydrogen-bond donors (Lipinski definition) is 2. The molecule has 9 heteroatoms. The molecule has 0 saturated heterocycles. The van der Waals surface area contributed by atoms with Crippen LogP contribution in [0.5, 0.6) is 5.75 Å². The molecule has 1 aromatic rings. The van der Waals surface area contributed by atoms with Gasteiger partial charge in [0.1, 0.15) is 0 Å². The van der Waals surface area contributed by atoms with Crippen molar-refractivity contribution in [3.05, 3.63) is 46.0 Å². The first kappa shape index (κ1) is 16.4. The van der Waals surface area contributed by atoms with Crippen LogP contribution < -0.4 is 15.4 Å². The molecule has 0 fully saturated rings. The van der Waals surface area contributed by atoms with Crippen molar-refractivity contribution in [1.29, 1.82) is 0 Å². The Morgan fingerprint density at radius 2 is 2.19 bits per heavy atom. The summed E-state index contributed by atoms with van der Waals surface area (Å²) in [5.41, 5.74) is -0.369. The fraction of sp³-hybridized carbons (Fsp3) is 0.167. The zero-order chi connectivity index (χ0) is 15.8. The van der Waals surface area contributed by atoms with Crippen LogP contribution in [0.1, 0.15) is 0 Å². The van der Waals surface area contributed by atoms with Gasteiger partial charge in [0.05, 0.1) is 4.92 Å². The number of carbonyl (C=O) groups is 2. The number of nitrogens with zero attached hydrogens (tertiary/aromatic N) is 1. The van der Waals surface area contributed by atoms with E-state index in [0.717, 1.165) is 6.07 Å². The van der Waals surface area contributed by atoms with Gasteiger partial charge in [0.25, 0.3) is 5.91 Å². The molecule has 0 heterocycles. The highest BCUT2D eigenvalue weighted by atomic mass is 35.5. The van der Waals surface area contributed by atoms with E-state index >= 15 is 0 Å².